The van der Waals surface area contributed by atoms with Gasteiger partial charge in [0.2, 0.25) is 0 Å². The maximum atomic E-state index is 11.3. The Kier molecular flexibility index (Phi) is 4.25. The topological polar surface area (TPSA) is 81.4 Å². The fourth-order valence-corrected chi connectivity index (χ4v) is 1.70. The van der Waals surface area contributed by atoms with Crippen LogP contribution in [-0.4, -0.2) is 33.9 Å². The second kappa shape index (κ2) is 5.47. The summed E-state index contributed by atoms with van der Waals surface area (Å²) < 4.78 is 6.23. The number of esters is 1. The van der Waals surface area contributed by atoms with E-state index >= 15 is 0 Å². The first-order valence-corrected chi connectivity index (χ1v) is 5.22. The average molecular weight is 240 g/mol. The number of carboxylic acid groups (broad SMARTS) is 1. The number of nitrogens with zero attached hydrogens (tertiary/aromatic N) is 2. The van der Waals surface area contributed by atoms with Gasteiger partial charge in [0.15, 0.2) is 0 Å². The lowest BCUT2D eigenvalue weighted by molar-refractivity contribution is -0.141. The molecule has 0 bridgehead atoms. The van der Waals surface area contributed by atoms with Crippen molar-refractivity contribution < 1.29 is 19.4 Å². The molecular weight excluding hydrogens is 224 g/mol. The number of carbonyl (C=O) groups is 2. The Hall–Kier alpha value is -1.85. The Balaban J connectivity index is 2.93. The highest BCUT2D eigenvalue weighted by atomic mass is 16.5. The van der Waals surface area contributed by atoms with Crippen molar-refractivity contribution in [3.63, 3.8) is 0 Å². The molecule has 1 heterocycles. The van der Waals surface area contributed by atoms with Crippen LogP contribution in [0, 0.1) is 6.92 Å². The first kappa shape index (κ1) is 13.2. The van der Waals surface area contributed by atoms with Gasteiger partial charge in [0.25, 0.3) is 0 Å². The summed E-state index contributed by atoms with van der Waals surface area (Å²) in [6, 6.07) is 0. The minimum atomic E-state index is -0.942. The van der Waals surface area contributed by atoms with E-state index in [-0.39, 0.29) is 12.8 Å². The van der Waals surface area contributed by atoms with Crippen LogP contribution < -0.4 is 0 Å². The zero-order valence-electron chi connectivity index (χ0n) is 10.1. The summed E-state index contributed by atoms with van der Waals surface area (Å²) in [5, 5.41) is 12.9. The van der Waals surface area contributed by atoms with E-state index in [2.05, 4.69) is 9.84 Å². The standard InChI is InChI=1S/C11H16N2O4/c1-7-9(6-12-13(7)2)8(4-10(14)15)5-11(16)17-3/h6,8H,4-5H2,1-3H3,(H,14,15). The third kappa shape index (κ3) is 3.30. The molecular formula is C11H16N2O4. The van der Waals surface area contributed by atoms with Gasteiger partial charge in [-0.3, -0.25) is 14.3 Å². The van der Waals surface area contributed by atoms with Gasteiger partial charge in [-0.05, 0) is 12.5 Å². The van der Waals surface area contributed by atoms with Gasteiger partial charge in [-0.1, -0.05) is 0 Å². The van der Waals surface area contributed by atoms with Gasteiger partial charge in [-0.15, -0.1) is 0 Å². The lowest BCUT2D eigenvalue weighted by Crippen LogP contribution is -2.13. The van der Waals surface area contributed by atoms with Gasteiger partial charge < -0.3 is 9.84 Å². The van der Waals surface area contributed by atoms with Crippen molar-refractivity contribution in [2.24, 2.45) is 7.05 Å². The molecule has 1 aromatic heterocycles. The lowest BCUT2D eigenvalue weighted by Gasteiger charge is -2.13. The van der Waals surface area contributed by atoms with E-state index in [0.717, 1.165) is 11.3 Å². The monoisotopic (exact) mass is 240 g/mol. The normalized spacial score (nSPS) is 12.2. The zero-order chi connectivity index (χ0) is 13.0. The van der Waals surface area contributed by atoms with Gasteiger partial charge in [-0.2, -0.15) is 5.10 Å². The van der Waals surface area contributed by atoms with Crippen LogP contribution in [0.2, 0.25) is 0 Å². The molecule has 6 heteroatoms. The Morgan fingerprint density at radius 1 is 1.53 bits per heavy atom. The van der Waals surface area contributed by atoms with Crippen molar-refractivity contribution in [1.82, 2.24) is 9.78 Å². The number of ether oxygens (including phenoxy) is 1. The number of carboxylic acids is 1. The van der Waals surface area contributed by atoms with Gasteiger partial charge in [0, 0.05) is 18.7 Å². The number of rotatable bonds is 5. The third-order valence-corrected chi connectivity index (χ3v) is 2.77. The maximum Gasteiger partial charge on any atom is 0.306 e. The summed E-state index contributed by atoms with van der Waals surface area (Å²) in [5.41, 5.74) is 1.64. The number of hydrogen-bond acceptors (Lipinski definition) is 4. The average Bonchev–Trinajstić information content (AvgIpc) is 2.58. The Morgan fingerprint density at radius 3 is 2.59 bits per heavy atom. The summed E-state index contributed by atoms with van der Waals surface area (Å²) in [7, 11) is 3.06. The highest BCUT2D eigenvalue weighted by Gasteiger charge is 2.23. The van der Waals surface area contributed by atoms with Crippen LogP contribution in [0.5, 0.6) is 0 Å². The van der Waals surface area contributed by atoms with Crippen LogP contribution in [0.25, 0.3) is 0 Å². The Labute approximate surface area is 99.2 Å². The molecule has 1 rings (SSSR count). The minimum absolute atomic E-state index is 0.0509. The molecule has 17 heavy (non-hydrogen) atoms. The number of carbonyl (C=O) groups excluding carboxylic acids is 1. The van der Waals surface area contributed by atoms with Crippen molar-refractivity contribution in [3.8, 4) is 0 Å². The van der Waals surface area contributed by atoms with Crippen LogP contribution in [0.3, 0.4) is 0 Å². The van der Waals surface area contributed by atoms with Crippen LogP contribution in [0.4, 0.5) is 0 Å². The molecule has 0 aliphatic heterocycles. The molecule has 0 fully saturated rings. The predicted molar refractivity (Wildman–Crippen MR) is 59.6 cm³/mol. The maximum absolute atomic E-state index is 11.3. The van der Waals surface area contributed by atoms with E-state index in [1.807, 2.05) is 6.92 Å². The van der Waals surface area contributed by atoms with Crippen molar-refractivity contribution >= 4 is 11.9 Å². The molecule has 1 aromatic rings. The molecule has 1 N–H and O–H groups in total. The molecule has 0 spiro atoms. The minimum Gasteiger partial charge on any atom is -0.481 e. The van der Waals surface area contributed by atoms with Gasteiger partial charge >= 0.3 is 11.9 Å². The second-order valence-electron chi connectivity index (χ2n) is 3.88. The smallest absolute Gasteiger partial charge is 0.306 e. The van der Waals surface area contributed by atoms with Crippen LogP contribution in [0.15, 0.2) is 6.20 Å². The van der Waals surface area contributed by atoms with E-state index < -0.39 is 17.9 Å². The van der Waals surface area contributed by atoms with E-state index in [9.17, 15) is 9.59 Å². The lowest BCUT2D eigenvalue weighted by atomic mass is 9.93. The van der Waals surface area contributed by atoms with Gasteiger partial charge in [0.1, 0.15) is 0 Å². The molecule has 0 aliphatic carbocycles. The highest BCUT2D eigenvalue weighted by Crippen LogP contribution is 2.26. The van der Waals surface area contributed by atoms with Crippen LogP contribution >= 0.6 is 0 Å². The van der Waals surface area contributed by atoms with Crippen molar-refractivity contribution in [3.05, 3.63) is 17.5 Å². The molecule has 0 saturated carbocycles. The molecule has 0 aromatic carbocycles. The predicted octanol–water partition coefficient (Wildman–Crippen LogP) is 0.850. The Bertz CT molecular complexity index is 425. The number of hydrogen-bond donors (Lipinski definition) is 1. The van der Waals surface area contributed by atoms with Crippen molar-refractivity contribution in [2.75, 3.05) is 7.11 Å². The van der Waals surface area contributed by atoms with Gasteiger partial charge in [-0.25, -0.2) is 0 Å². The summed E-state index contributed by atoms with van der Waals surface area (Å²) in [6.07, 6.45) is 1.54. The molecule has 0 saturated heterocycles. The SMILES string of the molecule is COC(=O)CC(CC(=O)O)c1cnn(C)c1C. The summed E-state index contributed by atoms with van der Waals surface area (Å²) >= 11 is 0. The van der Waals surface area contributed by atoms with Crippen LogP contribution in [-0.2, 0) is 21.4 Å². The van der Waals surface area contributed by atoms with E-state index in [0.29, 0.717) is 0 Å². The van der Waals surface area contributed by atoms with E-state index in [1.54, 1.807) is 17.9 Å². The number of methoxy groups -OCH3 is 1. The van der Waals surface area contributed by atoms with E-state index in [1.165, 1.54) is 7.11 Å². The number of aliphatic carboxylic acids is 1. The zero-order valence-corrected chi connectivity index (χ0v) is 10.1. The molecule has 94 valence electrons. The first-order chi connectivity index (χ1) is 7.95. The molecule has 1 unspecified atom stereocenters. The molecule has 0 aliphatic rings. The number of aryl methyl sites for hydroxylation is 1. The van der Waals surface area contributed by atoms with Gasteiger partial charge in [0.05, 0.1) is 26.1 Å². The molecule has 6 nitrogen and oxygen atoms in total. The van der Waals surface area contributed by atoms with Crippen molar-refractivity contribution in [1.29, 1.82) is 0 Å². The van der Waals surface area contributed by atoms with Crippen LogP contribution in [0.1, 0.15) is 30.0 Å². The quantitative estimate of drug-likeness (QED) is 0.771. The highest BCUT2D eigenvalue weighted by molar-refractivity contribution is 5.73. The molecule has 0 radical (unpaired) electrons. The molecule has 1 atom stereocenters. The summed E-state index contributed by atoms with van der Waals surface area (Å²) in [4.78, 5) is 22.0. The first-order valence-electron chi connectivity index (χ1n) is 5.22. The largest absolute Gasteiger partial charge is 0.481 e. The fourth-order valence-electron chi connectivity index (χ4n) is 1.70. The summed E-state index contributed by atoms with van der Waals surface area (Å²) in [5.74, 6) is -1.75. The van der Waals surface area contributed by atoms with Crippen molar-refractivity contribution in [2.45, 2.75) is 25.7 Å². The Morgan fingerprint density at radius 2 is 2.18 bits per heavy atom. The third-order valence-electron chi connectivity index (χ3n) is 2.77. The second-order valence-corrected chi connectivity index (χ2v) is 3.88. The molecule has 0 amide bonds. The summed E-state index contributed by atoms with van der Waals surface area (Å²) in [6.45, 7) is 1.84. The fraction of sp³-hybridized carbons (Fsp3) is 0.545. The number of aromatic nitrogens is 2. The van der Waals surface area contributed by atoms with E-state index in [4.69, 9.17) is 5.11 Å².